The van der Waals surface area contributed by atoms with Crippen molar-refractivity contribution in [1.29, 1.82) is 0 Å². The first kappa shape index (κ1) is 51.9. The van der Waals surface area contributed by atoms with E-state index in [4.69, 9.17) is 23.7 Å². The van der Waals surface area contributed by atoms with Gasteiger partial charge in [-0.3, -0.25) is 28.8 Å². The molecule has 3 N–H and O–H groups in total. The van der Waals surface area contributed by atoms with Gasteiger partial charge in [0.15, 0.2) is 35.3 Å². The fraction of sp³-hybridized carbons (Fsp3) is 0.373. The summed E-state index contributed by atoms with van der Waals surface area (Å²) in [6.45, 7) is 4.52. The maximum Gasteiger partial charge on any atom is 0.276 e. The molecule has 0 aliphatic carbocycles. The molecule has 4 aliphatic rings. The van der Waals surface area contributed by atoms with Gasteiger partial charge in [-0.15, -0.1) is 0 Å². The molecule has 4 amide bonds. The van der Waals surface area contributed by atoms with Gasteiger partial charge in [0.1, 0.15) is 52.1 Å². The monoisotopic (exact) mass is 1020 g/mol. The van der Waals surface area contributed by atoms with E-state index in [1.54, 1.807) is 11.5 Å². The van der Waals surface area contributed by atoms with Crippen molar-refractivity contribution in [2.75, 3.05) is 53.7 Å². The van der Waals surface area contributed by atoms with Crippen molar-refractivity contribution >= 4 is 23.6 Å². The number of hydrogen-bond acceptors (Lipinski definition) is 12. The molecule has 5 aromatic rings. The highest BCUT2D eigenvalue weighted by Gasteiger charge is 2.56. The van der Waals surface area contributed by atoms with Gasteiger partial charge < -0.3 is 58.4 Å². The first-order valence-electron chi connectivity index (χ1n) is 23.3. The second-order valence-corrected chi connectivity index (χ2v) is 17.6. The minimum absolute atomic E-state index is 0.00251. The first-order chi connectivity index (χ1) is 35.0. The lowest BCUT2D eigenvalue weighted by molar-refractivity contribution is -0.105. The Hall–Kier alpha value is -7.40. The molecule has 3 aromatic carbocycles. The number of pyridine rings is 2. The van der Waals surface area contributed by atoms with E-state index in [2.05, 4.69) is 10.6 Å². The van der Waals surface area contributed by atoms with Crippen LogP contribution in [0.1, 0.15) is 85.1 Å². The summed E-state index contributed by atoms with van der Waals surface area (Å²) in [5.41, 5.74) is -3.87. The van der Waals surface area contributed by atoms with E-state index in [9.17, 15) is 51.4 Å². The molecule has 2 aromatic heterocycles. The zero-order valence-corrected chi connectivity index (χ0v) is 40.2. The lowest BCUT2D eigenvalue weighted by atomic mass is 9.90. The number of rotatable bonds is 13. The third-order valence-corrected chi connectivity index (χ3v) is 13.5. The summed E-state index contributed by atoms with van der Waals surface area (Å²) < 4.78 is 86.2. The van der Waals surface area contributed by atoms with Crippen molar-refractivity contribution in [3.05, 3.63) is 162 Å². The Morgan fingerprint density at radius 2 is 1.15 bits per heavy atom. The number of halogens is 4. The van der Waals surface area contributed by atoms with Crippen molar-refractivity contribution in [2.24, 2.45) is 0 Å². The number of ether oxygens (including phenoxy) is 5. The van der Waals surface area contributed by atoms with Gasteiger partial charge in [0.05, 0.1) is 13.2 Å². The van der Waals surface area contributed by atoms with Crippen molar-refractivity contribution in [2.45, 2.75) is 69.9 Å². The molecule has 2 saturated heterocycles. The van der Waals surface area contributed by atoms with Crippen LogP contribution >= 0.6 is 0 Å². The molecule has 4 unspecified atom stereocenters. The van der Waals surface area contributed by atoms with Crippen LogP contribution in [0.5, 0.6) is 11.5 Å². The highest BCUT2D eigenvalue weighted by atomic mass is 19.1. The lowest BCUT2D eigenvalue weighted by Gasteiger charge is -2.48. The van der Waals surface area contributed by atoms with Crippen LogP contribution in [-0.2, 0) is 49.7 Å². The average Bonchev–Trinajstić information content (AvgIpc) is 4.08. The molecule has 386 valence electrons. The van der Waals surface area contributed by atoms with Gasteiger partial charge in [0.25, 0.3) is 23.6 Å². The van der Waals surface area contributed by atoms with Crippen LogP contribution in [0.3, 0.4) is 0 Å². The predicted octanol–water partition coefficient (Wildman–Crippen LogP) is 4.53. The summed E-state index contributed by atoms with van der Waals surface area (Å²) in [5.74, 6) is -7.10. The van der Waals surface area contributed by atoms with E-state index in [-0.39, 0.29) is 73.3 Å². The van der Waals surface area contributed by atoms with Crippen molar-refractivity contribution in [3.8, 4) is 11.5 Å². The molecule has 73 heavy (non-hydrogen) atoms. The normalized spacial score (nSPS) is 20.9. The van der Waals surface area contributed by atoms with Gasteiger partial charge in [0.2, 0.25) is 10.9 Å². The Kier molecular flexibility index (Phi) is 15.2. The van der Waals surface area contributed by atoms with Crippen LogP contribution in [0.25, 0.3) is 0 Å². The first-order valence-corrected chi connectivity index (χ1v) is 23.3. The van der Waals surface area contributed by atoms with Crippen LogP contribution < -0.4 is 26.2 Å². The molecule has 2 fully saturated rings. The van der Waals surface area contributed by atoms with Gasteiger partial charge in [-0.2, -0.15) is 0 Å². The van der Waals surface area contributed by atoms with Crippen molar-refractivity contribution < 1.29 is 65.5 Å². The Balaban J connectivity index is 0.000000199. The minimum Gasteiger partial charge on any atom is -0.503 e. The molecule has 0 radical (unpaired) electrons. The Morgan fingerprint density at radius 3 is 1.59 bits per heavy atom. The highest BCUT2D eigenvalue weighted by Crippen LogP contribution is 2.43. The van der Waals surface area contributed by atoms with E-state index in [0.29, 0.717) is 44.7 Å². The van der Waals surface area contributed by atoms with Gasteiger partial charge in [0, 0.05) is 102 Å². The second-order valence-electron chi connectivity index (χ2n) is 17.6. The SMILES string of the molecule is CCN1C(=O)c2c(O)c(=O)c(C(=O)NCc3ccc(F)cc3F)cn2C2(CCOC2)C1OC.CCN1C(=O)c2c(OCc3ccccc3)c(=O)c(C(=O)NCc3ccc(F)cc3F)cn2C2(CCOC2)C1OC. The molecule has 22 heteroatoms. The Morgan fingerprint density at radius 1 is 0.685 bits per heavy atom. The topological polar surface area (TPSA) is 209 Å². The third-order valence-electron chi connectivity index (χ3n) is 13.5. The molecular weight excluding hydrogens is 965 g/mol. The number of aromatic hydroxyl groups is 1. The van der Waals surface area contributed by atoms with E-state index >= 15 is 0 Å². The average molecular weight is 1020 g/mol. The highest BCUT2D eigenvalue weighted by molar-refractivity contribution is 6.00. The fourth-order valence-electron chi connectivity index (χ4n) is 9.88. The van der Waals surface area contributed by atoms with E-state index < -0.39 is 92.6 Å². The Labute approximate surface area is 415 Å². The number of nitrogens with one attached hydrogen (secondary N) is 2. The summed E-state index contributed by atoms with van der Waals surface area (Å²) in [6, 6.07) is 15.0. The number of nitrogens with zero attached hydrogens (tertiary/aromatic N) is 4. The van der Waals surface area contributed by atoms with E-state index in [1.807, 2.05) is 37.3 Å². The molecule has 2 spiro atoms. The molecular formula is C51H52F4N6O12. The van der Waals surface area contributed by atoms with Crippen LogP contribution in [0.4, 0.5) is 17.6 Å². The fourth-order valence-corrected chi connectivity index (χ4v) is 9.88. The van der Waals surface area contributed by atoms with Crippen LogP contribution in [-0.4, -0.2) is 114 Å². The molecule has 0 bridgehead atoms. The maximum absolute atomic E-state index is 14.2. The number of methoxy groups -OCH3 is 2. The maximum atomic E-state index is 14.2. The quantitative estimate of drug-likeness (QED) is 0.139. The van der Waals surface area contributed by atoms with Crippen LogP contribution in [0.2, 0.25) is 0 Å². The van der Waals surface area contributed by atoms with Gasteiger partial charge >= 0.3 is 0 Å². The summed E-state index contributed by atoms with van der Waals surface area (Å²) in [7, 11) is 2.94. The standard InChI is InChI=1S/C29H29F2N3O6.C22H23F2N3O6/c1-3-33-27(37)23-25(40-16-18-7-5-4-6-8-18)24(35)21(15-34(23)29(28(33)38-2)11-12-39-17-29)26(36)32-14-19-9-10-20(30)13-22(19)31;1-3-26-20(31)16-18(29)17(28)14(10-27(16)22(21(26)32-2)6-7-33-11-22)19(30)25-9-12-4-5-13(23)8-15(12)24/h4-10,13,15,28H,3,11-12,14,16-17H2,1-2H3,(H,32,36);4-5,8,10,21,29H,3,6-7,9,11H2,1-2H3,(H,25,30). The summed E-state index contributed by atoms with van der Waals surface area (Å²) >= 11 is 0. The number of fused-ring (bicyclic) bond motifs is 4. The summed E-state index contributed by atoms with van der Waals surface area (Å²) in [4.78, 5) is 82.6. The summed E-state index contributed by atoms with van der Waals surface area (Å²) in [6.07, 6.45) is 1.91. The third kappa shape index (κ3) is 9.46. The number of likely N-dealkylation sites (N-methyl/N-ethyl adjacent to an activating group) is 2. The van der Waals surface area contributed by atoms with E-state index in [1.165, 1.54) is 53.1 Å². The van der Waals surface area contributed by atoms with Crippen molar-refractivity contribution in [1.82, 2.24) is 29.6 Å². The zero-order chi connectivity index (χ0) is 52.4. The zero-order valence-electron chi connectivity index (χ0n) is 40.2. The number of amides is 4. The van der Waals surface area contributed by atoms with Crippen molar-refractivity contribution in [3.63, 3.8) is 0 Å². The lowest BCUT2D eigenvalue weighted by Crippen LogP contribution is -2.63. The smallest absolute Gasteiger partial charge is 0.276 e. The number of carbonyl (C=O) groups is 4. The second kappa shape index (κ2) is 21.4. The van der Waals surface area contributed by atoms with Crippen LogP contribution in [0, 0.1) is 23.3 Å². The summed E-state index contributed by atoms with van der Waals surface area (Å²) in [5, 5.41) is 15.6. The largest absolute Gasteiger partial charge is 0.503 e. The molecule has 9 rings (SSSR count). The number of carbonyl (C=O) groups excluding carboxylic acids is 4. The molecule has 4 aliphatic heterocycles. The molecule has 0 saturated carbocycles. The Bertz CT molecular complexity index is 3070. The number of benzene rings is 3. The van der Waals surface area contributed by atoms with Gasteiger partial charge in [-0.05, 0) is 31.5 Å². The number of aromatic nitrogens is 2. The molecule has 6 heterocycles. The van der Waals surface area contributed by atoms with E-state index in [0.717, 1.165) is 17.7 Å². The molecule has 18 nitrogen and oxygen atoms in total. The molecule has 4 atom stereocenters. The van der Waals surface area contributed by atoms with Gasteiger partial charge in [-0.1, -0.05) is 42.5 Å². The van der Waals surface area contributed by atoms with Crippen LogP contribution in [0.15, 0.2) is 88.7 Å². The predicted molar refractivity (Wildman–Crippen MR) is 251 cm³/mol. The number of hydrogen-bond donors (Lipinski definition) is 3. The minimum atomic E-state index is -1.03. The van der Waals surface area contributed by atoms with Gasteiger partial charge in [-0.25, -0.2) is 17.6 Å².